The molecule has 0 saturated heterocycles. The molecule has 0 aromatic heterocycles. The maximum Gasteiger partial charge on any atom is 0.0180 e. The van der Waals surface area contributed by atoms with Gasteiger partial charge in [0, 0.05) is 5.54 Å². The third kappa shape index (κ3) is 4.08. The minimum atomic E-state index is 0.165. The zero-order valence-electron chi connectivity index (χ0n) is 11.6. The van der Waals surface area contributed by atoms with Crippen LogP contribution >= 0.6 is 0 Å². The molecule has 0 radical (unpaired) electrons. The van der Waals surface area contributed by atoms with Crippen LogP contribution in [0.5, 0.6) is 0 Å². The van der Waals surface area contributed by atoms with Crippen LogP contribution in [0.1, 0.15) is 78.6 Å². The fourth-order valence-corrected chi connectivity index (χ4v) is 3.15. The summed E-state index contributed by atoms with van der Waals surface area (Å²) in [6, 6.07) is 0. The summed E-state index contributed by atoms with van der Waals surface area (Å²) in [6.07, 6.45) is 12.0. The standard InChI is InChI=1S/C15H31N/c1-4-5-6-7-8-10-15(16)11-9-13(2)12-14(15)3/h13-14H,4-12,16H2,1-3H3. The maximum absolute atomic E-state index is 6.58. The predicted molar refractivity (Wildman–Crippen MR) is 72.5 cm³/mol. The van der Waals surface area contributed by atoms with Crippen molar-refractivity contribution in [3.8, 4) is 0 Å². The van der Waals surface area contributed by atoms with Crippen molar-refractivity contribution in [2.24, 2.45) is 17.6 Å². The molecule has 1 rings (SSSR count). The monoisotopic (exact) mass is 225 g/mol. The second-order valence-electron chi connectivity index (χ2n) is 6.18. The summed E-state index contributed by atoms with van der Waals surface area (Å²) < 4.78 is 0. The Bertz CT molecular complexity index is 190. The quantitative estimate of drug-likeness (QED) is 0.662. The van der Waals surface area contributed by atoms with E-state index in [4.69, 9.17) is 5.73 Å². The summed E-state index contributed by atoms with van der Waals surface area (Å²) in [5.41, 5.74) is 6.74. The van der Waals surface area contributed by atoms with Crippen LogP contribution in [0.4, 0.5) is 0 Å². The molecule has 3 unspecified atom stereocenters. The molecule has 1 nitrogen and oxygen atoms in total. The summed E-state index contributed by atoms with van der Waals surface area (Å²) in [5, 5.41) is 0. The Hall–Kier alpha value is -0.0400. The molecule has 0 aliphatic heterocycles. The predicted octanol–water partition coefficient (Wildman–Crippen LogP) is 4.50. The van der Waals surface area contributed by atoms with Crippen LogP contribution in [0.2, 0.25) is 0 Å². The highest BCUT2D eigenvalue weighted by molar-refractivity contribution is 4.93. The van der Waals surface area contributed by atoms with E-state index in [1.807, 2.05) is 0 Å². The number of nitrogens with two attached hydrogens (primary N) is 1. The molecule has 1 heteroatoms. The fraction of sp³-hybridized carbons (Fsp3) is 1.00. The summed E-state index contributed by atoms with van der Waals surface area (Å²) in [5.74, 6) is 1.62. The summed E-state index contributed by atoms with van der Waals surface area (Å²) in [6.45, 7) is 7.01. The van der Waals surface area contributed by atoms with Crippen molar-refractivity contribution in [3.63, 3.8) is 0 Å². The first-order valence-corrected chi connectivity index (χ1v) is 7.37. The maximum atomic E-state index is 6.58. The van der Waals surface area contributed by atoms with Gasteiger partial charge in [0.2, 0.25) is 0 Å². The van der Waals surface area contributed by atoms with Gasteiger partial charge in [0.05, 0.1) is 0 Å². The lowest BCUT2D eigenvalue weighted by Gasteiger charge is -2.42. The molecule has 1 aliphatic rings. The first-order valence-electron chi connectivity index (χ1n) is 7.37. The summed E-state index contributed by atoms with van der Waals surface area (Å²) in [7, 11) is 0. The van der Waals surface area contributed by atoms with Crippen LogP contribution in [0.15, 0.2) is 0 Å². The van der Waals surface area contributed by atoms with Crippen LogP contribution in [0.3, 0.4) is 0 Å². The summed E-state index contributed by atoms with van der Waals surface area (Å²) in [4.78, 5) is 0. The highest BCUT2D eigenvalue weighted by Crippen LogP contribution is 2.38. The van der Waals surface area contributed by atoms with Gasteiger partial charge in [-0.1, -0.05) is 52.9 Å². The van der Waals surface area contributed by atoms with E-state index in [1.54, 1.807) is 0 Å². The largest absolute Gasteiger partial charge is 0.325 e. The molecular formula is C15H31N. The Labute approximate surface area is 102 Å². The molecule has 96 valence electrons. The molecule has 1 aliphatic carbocycles. The lowest BCUT2D eigenvalue weighted by atomic mass is 9.68. The minimum absolute atomic E-state index is 0.165. The minimum Gasteiger partial charge on any atom is -0.325 e. The van der Waals surface area contributed by atoms with Crippen molar-refractivity contribution in [2.45, 2.75) is 84.1 Å². The first-order chi connectivity index (χ1) is 7.58. The molecule has 2 N–H and O–H groups in total. The molecule has 0 aromatic rings. The van der Waals surface area contributed by atoms with E-state index in [9.17, 15) is 0 Å². The Kier molecular flexibility index (Phi) is 5.82. The van der Waals surface area contributed by atoms with E-state index in [1.165, 1.54) is 57.8 Å². The molecule has 0 spiro atoms. The normalized spacial score (nSPS) is 35.2. The molecule has 0 bridgehead atoms. The van der Waals surface area contributed by atoms with Crippen molar-refractivity contribution < 1.29 is 0 Å². The first kappa shape index (κ1) is 14.0. The molecule has 0 heterocycles. The Morgan fingerprint density at radius 1 is 1.12 bits per heavy atom. The van der Waals surface area contributed by atoms with Gasteiger partial charge in [-0.2, -0.15) is 0 Å². The lowest BCUT2D eigenvalue weighted by molar-refractivity contribution is 0.150. The molecule has 0 amide bonds. The topological polar surface area (TPSA) is 26.0 Å². The van der Waals surface area contributed by atoms with Gasteiger partial charge in [0.15, 0.2) is 0 Å². The van der Waals surface area contributed by atoms with Crippen LogP contribution in [-0.2, 0) is 0 Å². The van der Waals surface area contributed by atoms with E-state index in [-0.39, 0.29) is 5.54 Å². The fourth-order valence-electron chi connectivity index (χ4n) is 3.15. The highest BCUT2D eigenvalue weighted by atomic mass is 14.8. The van der Waals surface area contributed by atoms with Crippen molar-refractivity contribution >= 4 is 0 Å². The smallest absolute Gasteiger partial charge is 0.0180 e. The SMILES string of the molecule is CCCCCCCC1(N)CCC(C)CC1C. The molecule has 0 aromatic carbocycles. The summed E-state index contributed by atoms with van der Waals surface area (Å²) >= 11 is 0. The molecule has 16 heavy (non-hydrogen) atoms. The highest BCUT2D eigenvalue weighted by Gasteiger charge is 2.35. The van der Waals surface area contributed by atoms with Gasteiger partial charge >= 0.3 is 0 Å². The molecule has 3 atom stereocenters. The second-order valence-corrected chi connectivity index (χ2v) is 6.18. The van der Waals surface area contributed by atoms with Crippen LogP contribution in [-0.4, -0.2) is 5.54 Å². The number of hydrogen-bond acceptors (Lipinski definition) is 1. The van der Waals surface area contributed by atoms with Crippen molar-refractivity contribution in [1.29, 1.82) is 0 Å². The number of unbranched alkanes of at least 4 members (excludes halogenated alkanes) is 4. The van der Waals surface area contributed by atoms with E-state index < -0.39 is 0 Å². The zero-order chi connectivity index (χ0) is 12.0. The third-order valence-corrected chi connectivity index (χ3v) is 4.59. The van der Waals surface area contributed by atoms with E-state index in [2.05, 4.69) is 20.8 Å². The number of rotatable bonds is 6. The third-order valence-electron chi connectivity index (χ3n) is 4.59. The van der Waals surface area contributed by atoms with E-state index >= 15 is 0 Å². The molecule has 1 saturated carbocycles. The van der Waals surface area contributed by atoms with Gasteiger partial charge < -0.3 is 5.73 Å². The van der Waals surface area contributed by atoms with Crippen LogP contribution < -0.4 is 5.73 Å². The second kappa shape index (κ2) is 6.64. The van der Waals surface area contributed by atoms with Gasteiger partial charge in [0.25, 0.3) is 0 Å². The van der Waals surface area contributed by atoms with Crippen LogP contribution in [0.25, 0.3) is 0 Å². The Balaban J connectivity index is 2.23. The van der Waals surface area contributed by atoms with Crippen LogP contribution in [0, 0.1) is 11.8 Å². The van der Waals surface area contributed by atoms with Gasteiger partial charge in [-0.3, -0.25) is 0 Å². The average molecular weight is 225 g/mol. The van der Waals surface area contributed by atoms with Gasteiger partial charge in [-0.25, -0.2) is 0 Å². The zero-order valence-corrected chi connectivity index (χ0v) is 11.6. The lowest BCUT2D eigenvalue weighted by Crippen LogP contribution is -2.49. The number of hydrogen-bond donors (Lipinski definition) is 1. The van der Waals surface area contributed by atoms with Gasteiger partial charge in [-0.05, 0) is 37.5 Å². The van der Waals surface area contributed by atoms with E-state index in [0.29, 0.717) is 0 Å². The van der Waals surface area contributed by atoms with Gasteiger partial charge in [-0.15, -0.1) is 0 Å². The molecule has 1 fully saturated rings. The Morgan fingerprint density at radius 3 is 2.44 bits per heavy atom. The Morgan fingerprint density at radius 2 is 1.81 bits per heavy atom. The average Bonchev–Trinajstić information content (AvgIpc) is 2.24. The van der Waals surface area contributed by atoms with Crippen molar-refractivity contribution in [3.05, 3.63) is 0 Å². The molecular weight excluding hydrogens is 194 g/mol. The van der Waals surface area contributed by atoms with Crippen molar-refractivity contribution in [2.75, 3.05) is 0 Å². The van der Waals surface area contributed by atoms with Crippen molar-refractivity contribution in [1.82, 2.24) is 0 Å². The van der Waals surface area contributed by atoms with Gasteiger partial charge in [0.1, 0.15) is 0 Å². The van der Waals surface area contributed by atoms with E-state index in [0.717, 1.165) is 11.8 Å².